The van der Waals surface area contributed by atoms with Crippen LogP contribution in [0.5, 0.6) is 0 Å². The molecule has 5 heteroatoms. The number of rotatable bonds is 7. The molecular weight excluding hydrogens is 266 g/mol. The van der Waals surface area contributed by atoms with E-state index >= 15 is 0 Å². The Hall–Kier alpha value is -1.88. The van der Waals surface area contributed by atoms with E-state index < -0.39 is 6.04 Å². The number of nitrogens with zero attached hydrogens (tertiary/aromatic N) is 2. The Bertz CT molecular complexity index is 458. The third-order valence-electron chi connectivity index (χ3n) is 3.48. The van der Waals surface area contributed by atoms with E-state index in [4.69, 9.17) is 5.73 Å². The van der Waals surface area contributed by atoms with E-state index in [1.165, 1.54) is 4.90 Å². The number of amides is 2. The predicted molar refractivity (Wildman–Crippen MR) is 83.7 cm³/mol. The zero-order chi connectivity index (χ0) is 15.8. The van der Waals surface area contributed by atoms with Crippen molar-refractivity contribution >= 4 is 11.8 Å². The first-order chi connectivity index (χ1) is 9.99. The van der Waals surface area contributed by atoms with Crippen LogP contribution in [0.4, 0.5) is 0 Å². The fourth-order valence-corrected chi connectivity index (χ4v) is 2.20. The maximum atomic E-state index is 12.2. The minimum atomic E-state index is -0.623. The summed E-state index contributed by atoms with van der Waals surface area (Å²) in [5.74, 6) is -0.262. The van der Waals surface area contributed by atoms with Crippen LogP contribution in [0.15, 0.2) is 30.3 Å². The van der Waals surface area contributed by atoms with Crippen LogP contribution < -0.4 is 5.73 Å². The van der Waals surface area contributed by atoms with Crippen molar-refractivity contribution in [2.45, 2.75) is 26.3 Å². The zero-order valence-corrected chi connectivity index (χ0v) is 13.1. The molecule has 2 amide bonds. The summed E-state index contributed by atoms with van der Waals surface area (Å²) in [4.78, 5) is 27.3. The van der Waals surface area contributed by atoms with Crippen molar-refractivity contribution < 1.29 is 9.59 Å². The molecule has 5 nitrogen and oxygen atoms in total. The zero-order valence-electron chi connectivity index (χ0n) is 13.1. The second-order valence-corrected chi connectivity index (χ2v) is 5.06. The van der Waals surface area contributed by atoms with Crippen molar-refractivity contribution in [3.8, 4) is 0 Å². The fourth-order valence-electron chi connectivity index (χ4n) is 2.20. The Balaban J connectivity index is 2.55. The molecule has 21 heavy (non-hydrogen) atoms. The minimum Gasteiger partial charge on any atom is -0.342 e. The third-order valence-corrected chi connectivity index (χ3v) is 3.48. The van der Waals surface area contributed by atoms with Crippen LogP contribution in [0.3, 0.4) is 0 Å². The highest BCUT2D eigenvalue weighted by molar-refractivity contribution is 5.87. The van der Waals surface area contributed by atoms with Gasteiger partial charge < -0.3 is 15.5 Å². The molecule has 1 aromatic rings. The maximum Gasteiger partial charge on any atom is 0.242 e. The molecule has 1 rings (SSSR count). The minimum absolute atomic E-state index is 0.0530. The van der Waals surface area contributed by atoms with E-state index in [1.807, 2.05) is 44.2 Å². The van der Waals surface area contributed by atoms with E-state index in [0.29, 0.717) is 19.5 Å². The Labute approximate surface area is 126 Å². The Morgan fingerprint density at radius 3 is 2.24 bits per heavy atom. The molecule has 0 aliphatic heterocycles. The lowest BCUT2D eigenvalue weighted by atomic mass is 10.1. The summed E-state index contributed by atoms with van der Waals surface area (Å²) < 4.78 is 0. The predicted octanol–water partition coefficient (Wildman–Crippen LogP) is 0.883. The lowest BCUT2D eigenvalue weighted by Gasteiger charge is -2.25. The first kappa shape index (κ1) is 17.2. The van der Waals surface area contributed by atoms with Crippen molar-refractivity contribution in [3.63, 3.8) is 0 Å². The molecule has 0 fully saturated rings. The van der Waals surface area contributed by atoms with Gasteiger partial charge in [0.2, 0.25) is 11.8 Å². The highest BCUT2D eigenvalue weighted by Gasteiger charge is 2.21. The van der Waals surface area contributed by atoms with Crippen molar-refractivity contribution in [1.29, 1.82) is 0 Å². The van der Waals surface area contributed by atoms with Gasteiger partial charge >= 0.3 is 0 Å². The molecule has 0 unspecified atom stereocenters. The van der Waals surface area contributed by atoms with Crippen molar-refractivity contribution in [2.24, 2.45) is 5.73 Å². The normalized spacial score (nSPS) is 11.8. The average molecular weight is 291 g/mol. The Kier molecular flexibility index (Phi) is 6.88. The monoisotopic (exact) mass is 291 g/mol. The maximum absolute atomic E-state index is 12.2. The van der Waals surface area contributed by atoms with Crippen LogP contribution in [-0.2, 0) is 16.0 Å². The van der Waals surface area contributed by atoms with E-state index in [1.54, 1.807) is 11.9 Å². The number of nitrogens with two attached hydrogens (primary N) is 1. The van der Waals surface area contributed by atoms with Crippen LogP contribution in [-0.4, -0.2) is 54.3 Å². The van der Waals surface area contributed by atoms with E-state index in [2.05, 4.69) is 0 Å². The molecule has 0 spiro atoms. The largest absolute Gasteiger partial charge is 0.342 e. The van der Waals surface area contributed by atoms with Gasteiger partial charge in [-0.25, -0.2) is 0 Å². The standard InChI is InChI=1S/C16H25N3O2/c1-4-19(5-2)15(20)12-18(3)16(21)14(17)11-13-9-7-6-8-10-13/h6-10,14H,4-5,11-12,17H2,1-3H3/t14-/m1/s1. The van der Waals surface area contributed by atoms with Crippen LogP contribution >= 0.6 is 0 Å². The van der Waals surface area contributed by atoms with Crippen LogP contribution in [0.25, 0.3) is 0 Å². The van der Waals surface area contributed by atoms with Gasteiger partial charge in [0.25, 0.3) is 0 Å². The molecule has 0 bridgehead atoms. The molecule has 0 aliphatic rings. The molecule has 116 valence electrons. The lowest BCUT2D eigenvalue weighted by Crippen LogP contribution is -2.47. The molecule has 0 saturated heterocycles. The van der Waals surface area contributed by atoms with Crippen molar-refractivity contribution in [2.75, 3.05) is 26.7 Å². The van der Waals surface area contributed by atoms with Crippen molar-refractivity contribution in [3.05, 3.63) is 35.9 Å². The van der Waals surface area contributed by atoms with Gasteiger partial charge in [-0.05, 0) is 25.8 Å². The SMILES string of the molecule is CCN(CC)C(=O)CN(C)C(=O)[C@H](N)Cc1ccccc1. The molecule has 0 saturated carbocycles. The molecule has 0 aromatic heterocycles. The summed E-state index contributed by atoms with van der Waals surface area (Å²) in [6.07, 6.45) is 0.476. The highest BCUT2D eigenvalue weighted by atomic mass is 16.2. The summed E-state index contributed by atoms with van der Waals surface area (Å²) >= 11 is 0. The van der Waals surface area contributed by atoms with Gasteiger partial charge in [-0.1, -0.05) is 30.3 Å². The fraction of sp³-hybridized carbons (Fsp3) is 0.500. The molecular formula is C16H25N3O2. The first-order valence-electron chi connectivity index (χ1n) is 7.31. The Morgan fingerprint density at radius 1 is 1.14 bits per heavy atom. The third kappa shape index (κ3) is 5.19. The second kappa shape index (κ2) is 8.42. The van der Waals surface area contributed by atoms with Gasteiger partial charge in [0.1, 0.15) is 0 Å². The number of hydrogen-bond donors (Lipinski definition) is 1. The summed E-state index contributed by atoms with van der Waals surface area (Å²) in [5, 5.41) is 0. The second-order valence-electron chi connectivity index (χ2n) is 5.06. The summed E-state index contributed by atoms with van der Waals surface area (Å²) in [7, 11) is 1.62. The van der Waals surface area contributed by atoms with Gasteiger partial charge in [0.05, 0.1) is 12.6 Å². The van der Waals surface area contributed by atoms with Crippen LogP contribution in [0, 0.1) is 0 Å². The molecule has 2 N–H and O–H groups in total. The number of carbonyl (C=O) groups is 2. The number of benzene rings is 1. The topological polar surface area (TPSA) is 66.6 Å². The number of hydrogen-bond acceptors (Lipinski definition) is 3. The number of carbonyl (C=O) groups excluding carboxylic acids is 2. The highest BCUT2D eigenvalue weighted by Crippen LogP contribution is 2.04. The number of likely N-dealkylation sites (N-methyl/N-ethyl adjacent to an activating group) is 2. The van der Waals surface area contributed by atoms with Gasteiger partial charge in [-0.15, -0.1) is 0 Å². The quantitative estimate of drug-likeness (QED) is 0.811. The van der Waals surface area contributed by atoms with Gasteiger partial charge in [-0.3, -0.25) is 9.59 Å². The lowest BCUT2D eigenvalue weighted by molar-refractivity contribution is -0.139. The summed E-state index contributed by atoms with van der Waals surface area (Å²) in [6.45, 7) is 5.21. The molecule has 0 radical (unpaired) electrons. The average Bonchev–Trinajstić information content (AvgIpc) is 2.48. The van der Waals surface area contributed by atoms with E-state index in [-0.39, 0.29) is 18.4 Å². The first-order valence-corrected chi connectivity index (χ1v) is 7.31. The van der Waals surface area contributed by atoms with E-state index in [0.717, 1.165) is 5.56 Å². The van der Waals surface area contributed by atoms with E-state index in [9.17, 15) is 9.59 Å². The summed E-state index contributed by atoms with van der Waals surface area (Å²) in [5.41, 5.74) is 6.97. The van der Waals surface area contributed by atoms with Gasteiger partial charge in [0, 0.05) is 20.1 Å². The Morgan fingerprint density at radius 2 is 1.71 bits per heavy atom. The van der Waals surface area contributed by atoms with Gasteiger partial charge in [0.15, 0.2) is 0 Å². The smallest absolute Gasteiger partial charge is 0.242 e. The molecule has 0 aliphatic carbocycles. The van der Waals surface area contributed by atoms with Crippen LogP contribution in [0.2, 0.25) is 0 Å². The molecule has 1 atom stereocenters. The molecule has 0 heterocycles. The van der Waals surface area contributed by atoms with Crippen LogP contribution in [0.1, 0.15) is 19.4 Å². The van der Waals surface area contributed by atoms with Gasteiger partial charge in [-0.2, -0.15) is 0 Å². The summed E-state index contributed by atoms with van der Waals surface area (Å²) in [6, 6.07) is 9.01. The van der Waals surface area contributed by atoms with Crippen molar-refractivity contribution in [1.82, 2.24) is 9.80 Å². The molecule has 1 aromatic carbocycles.